The molecule has 0 saturated heterocycles. The second kappa shape index (κ2) is 5.61. The monoisotopic (exact) mass is 314 g/mol. The predicted octanol–water partition coefficient (Wildman–Crippen LogP) is 3.03. The van der Waals surface area contributed by atoms with E-state index in [1.807, 2.05) is 12.1 Å². The molecule has 1 aromatic carbocycles. The van der Waals surface area contributed by atoms with Crippen LogP contribution in [-0.2, 0) is 5.41 Å². The Bertz CT molecular complexity index is 774. The van der Waals surface area contributed by atoms with Gasteiger partial charge in [-0.25, -0.2) is 4.39 Å². The van der Waals surface area contributed by atoms with Crippen LogP contribution >= 0.6 is 0 Å². The van der Waals surface area contributed by atoms with Gasteiger partial charge in [0.05, 0.1) is 5.41 Å². The van der Waals surface area contributed by atoms with Crippen LogP contribution in [0.4, 0.5) is 4.39 Å². The maximum atomic E-state index is 13.1. The molecule has 3 N–H and O–H groups in total. The molecule has 6 heteroatoms. The summed E-state index contributed by atoms with van der Waals surface area (Å²) < 4.78 is 18.3. The minimum Gasteiger partial charge on any atom is -0.400 e. The molecule has 23 heavy (non-hydrogen) atoms. The average Bonchev–Trinajstić information content (AvgIpc) is 3.16. The molecule has 1 unspecified atom stereocenters. The van der Waals surface area contributed by atoms with Gasteiger partial charge < -0.3 is 10.3 Å². The van der Waals surface area contributed by atoms with E-state index in [4.69, 9.17) is 15.7 Å². The topological polar surface area (TPSA) is 88.8 Å². The van der Waals surface area contributed by atoms with Gasteiger partial charge in [0, 0.05) is 5.70 Å². The number of halogens is 1. The number of benzene rings is 1. The summed E-state index contributed by atoms with van der Waals surface area (Å²) in [6.45, 7) is 3.38. The molecule has 1 heterocycles. The van der Waals surface area contributed by atoms with Crippen molar-refractivity contribution < 1.29 is 8.91 Å². The molecule has 0 amide bonds. The molecule has 2 aromatic rings. The third-order valence-corrected chi connectivity index (χ3v) is 4.27. The van der Waals surface area contributed by atoms with E-state index >= 15 is 0 Å². The zero-order valence-corrected chi connectivity index (χ0v) is 13.1. The summed E-state index contributed by atoms with van der Waals surface area (Å²) in [5, 5.41) is 12.0. The van der Waals surface area contributed by atoms with Crippen molar-refractivity contribution in [1.29, 1.82) is 5.41 Å². The van der Waals surface area contributed by atoms with Gasteiger partial charge in [0.25, 0.3) is 5.89 Å². The Kier molecular flexibility index (Phi) is 3.75. The summed E-state index contributed by atoms with van der Waals surface area (Å²) >= 11 is 0. The van der Waals surface area contributed by atoms with E-state index in [1.54, 1.807) is 0 Å². The number of nitrogens with zero attached hydrogens (tertiary/aromatic N) is 2. The first-order valence-electron chi connectivity index (χ1n) is 7.54. The number of nitrogens with two attached hydrogens (primary N) is 1. The van der Waals surface area contributed by atoms with Crippen LogP contribution in [0.1, 0.15) is 42.6 Å². The first-order valence-corrected chi connectivity index (χ1v) is 7.54. The van der Waals surface area contributed by atoms with Crippen molar-refractivity contribution in [1.82, 2.24) is 10.1 Å². The van der Waals surface area contributed by atoms with E-state index in [9.17, 15) is 4.39 Å². The van der Waals surface area contributed by atoms with E-state index in [-0.39, 0.29) is 22.7 Å². The number of hydrogen-bond donors (Lipinski definition) is 2. The molecule has 1 aliphatic rings. The van der Waals surface area contributed by atoms with Crippen LogP contribution in [0.2, 0.25) is 0 Å². The minimum absolute atomic E-state index is 0.0326. The van der Waals surface area contributed by atoms with Gasteiger partial charge in [-0.1, -0.05) is 29.4 Å². The molecule has 1 saturated carbocycles. The maximum absolute atomic E-state index is 13.1. The zero-order chi connectivity index (χ0) is 16.6. The van der Waals surface area contributed by atoms with Crippen molar-refractivity contribution >= 4 is 5.71 Å². The Balaban J connectivity index is 1.90. The van der Waals surface area contributed by atoms with Gasteiger partial charge in [0.2, 0.25) is 0 Å². The fraction of sp³-hybridized carbons (Fsp3) is 0.353. The van der Waals surface area contributed by atoms with Crippen LogP contribution in [0.3, 0.4) is 0 Å². The number of nitrogens with one attached hydrogen (secondary N) is 1. The summed E-state index contributed by atoms with van der Waals surface area (Å²) in [6.07, 6.45) is 1.79. The van der Waals surface area contributed by atoms with E-state index in [0.29, 0.717) is 5.82 Å². The molecule has 1 fully saturated rings. The van der Waals surface area contributed by atoms with Gasteiger partial charge in [-0.15, -0.1) is 0 Å². The molecule has 0 aliphatic heterocycles. The second-order valence-electron chi connectivity index (χ2n) is 5.99. The fourth-order valence-corrected chi connectivity index (χ4v) is 2.72. The third-order valence-electron chi connectivity index (χ3n) is 4.27. The van der Waals surface area contributed by atoms with Gasteiger partial charge in [0.1, 0.15) is 11.9 Å². The second-order valence-corrected chi connectivity index (χ2v) is 5.99. The van der Waals surface area contributed by atoms with Crippen LogP contribution in [0.5, 0.6) is 0 Å². The van der Waals surface area contributed by atoms with Gasteiger partial charge in [-0.05, 0) is 43.9 Å². The van der Waals surface area contributed by atoms with E-state index in [1.165, 1.54) is 24.1 Å². The number of aromatic nitrogens is 2. The van der Waals surface area contributed by atoms with Crippen molar-refractivity contribution in [2.75, 3.05) is 0 Å². The highest BCUT2D eigenvalue weighted by molar-refractivity contribution is 6.03. The number of hydrogen-bond acceptors (Lipinski definition) is 5. The summed E-state index contributed by atoms with van der Waals surface area (Å²) in [5.41, 5.74) is 7.56. The molecule has 0 spiro atoms. The molecule has 0 bridgehead atoms. The lowest BCUT2D eigenvalue weighted by molar-refractivity contribution is 0.399. The molecule has 0 radical (unpaired) electrons. The first-order chi connectivity index (χ1) is 10.9. The predicted molar refractivity (Wildman–Crippen MR) is 85.2 cm³/mol. The molecular formula is C17H19FN4O. The lowest BCUT2D eigenvalue weighted by Gasteiger charge is -2.13. The van der Waals surface area contributed by atoms with Gasteiger partial charge >= 0.3 is 0 Å². The quantitative estimate of drug-likeness (QED) is 0.830. The van der Waals surface area contributed by atoms with Crippen molar-refractivity contribution in [2.24, 2.45) is 5.73 Å². The van der Waals surface area contributed by atoms with Crippen molar-refractivity contribution in [3.63, 3.8) is 0 Å². The first kappa shape index (κ1) is 15.4. The van der Waals surface area contributed by atoms with Crippen LogP contribution in [0.25, 0.3) is 0 Å². The fourth-order valence-electron chi connectivity index (χ4n) is 2.72. The van der Waals surface area contributed by atoms with Crippen molar-refractivity contribution in [2.45, 2.75) is 38.3 Å². The molecule has 1 atom stereocenters. The highest BCUT2D eigenvalue weighted by Gasteiger charge is 2.50. The van der Waals surface area contributed by atoms with E-state index in [2.05, 4.69) is 29.2 Å². The van der Waals surface area contributed by atoms with Crippen molar-refractivity contribution in [3.05, 3.63) is 58.9 Å². The Morgan fingerprint density at radius 1 is 1.43 bits per heavy atom. The Morgan fingerprint density at radius 2 is 2.13 bits per heavy atom. The van der Waals surface area contributed by atoms with Crippen LogP contribution in [0, 0.1) is 12.3 Å². The average molecular weight is 314 g/mol. The van der Waals surface area contributed by atoms with Gasteiger partial charge in [0.15, 0.2) is 5.82 Å². The summed E-state index contributed by atoms with van der Waals surface area (Å²) in [6, 6.07) is 8.13. The minimum atomic E-state index is -1.32. The number of aryl methyl sites for hydroxylation is 1. The molecular weight excluding hydrogens is 295 g/mol. The van der Waals surface area contributed by atoms with Gasteiger partial charge in [-0.3, -0.25) is 5.41 Å². The Labute approximate surface area is 133 Å². The Morgan fingerprint density at radius 3 is 2.74 bits per heavy atom. The summed E-state index contributed by atoms with van der Waals surface area (Å²) in [4.78, 5) is 4.35. The molecule has 5 nitrogen and oxygen atoms in total. The normalized spacial score (nSPS) is 17.8. The highest BCUT2D eigenvalue weighted by Crippen LogP contribution is 2.53. The van der Waals surface area contributed by atoms with Crippen LogP contribution < -0.4 is 5.73 Å². The smallest absolute Gasteiger partial charge is 0.275 e. The number of alkyl halides is 1. The molecule has 120 valence electrons. The lowest BCUT2D eigenvalue weighted by atomic mass is 9.91. The Hall–Kier alpha value is -2.50. The lowest BCUT2D eigenvalue weighted by Crippen LogP contribution is -2.13. The molecule has 1 aliphatic carbocycles. The third kappa shape index (κ3) is 2.76. The van der Waals surface area contributed by atoms with Crippen LogP contribution in [0.15, 0.2) is 40.6 Å². The molecule has 3 rings (SSSR count). The van der Waals surface area contributed by atoms with Crippen molar-refractivity contribution in [3.8, 4) is 0 Å². The zero-order valence-electron chi connectivity index (χ0n) is 13.1. The number of allylic oxidation sites excluding steroid dienone is 2. The maximum Gasteiger partial charge on any atom is 0.275 e. The summed E-state index contributed by atoms with van der Waals surface area (Å²) in [7, 11) is 0. The molecule has 1 aromatic heterocycles. The summed E-state index contributed by atoms with van der Waals surface area (Å²) in [5.74, 6) is 0.635. The highest BCUT2D eigenvalue weighted by atomic mass is 19.1. The SMILES string of the molecule is Cc1ccccc1C1(c2noc(C(=N)/C=C(\N)C(C)F)n2)CC1. The number of rotatable bonds is 5. The van der Waals surface area contributed by atoms with E-state index in [0.717, 1.165) is 12.8 Å². The van der Waals surface area contributed by atoms with Gasteiger partial charge in [-0.2, -0.15) is 4.98 Å². The van der Waals surface area contributed by atoms with Crippen LogP contribution in [-0.4, -0.2) is 22.0 Å². The standard InChI is InChI=1S/C17H19FN4O/c1-10-5-3-4-6-12(10)17(7-8-17)16-21-15(23-22-16)14(20)9-13(19)11(2)18/h3-6,9,11,20H,7-8,19H2,1-2H3/b13-9-,20-14?. The van der Waals surface area contributed by atoms with E-state index < -0.39 is 6.17 Å². The largest absolute Gasteiger partial charge is 0.400 e.